The number of benzene rings is 1. The van der Waals surface area contributed by atoms with Crippen LogP contribution in [0, 0.1) is 6.92 Å². The first-order valence-electron chi connectivity index (χ1n) is 5.93. The zero-order chi connectivity index (χ0) is 11.1. The molecule has 0 radical (unpaired) electrons. The molecule has 0 spiro atoms. The lowest BCUT2D eigenvalue weighted by Crippen LogP contribution is -2.11. The van der Waals surface area contributed by atoms with Gasteiger partial charge in [0, 0.05) is 5.56 Å². The van der Waals surface area contributed by atoms with E-state index in [1.807, 2.05) is 0 Å². The summed E-state index contributed by atoms with van der Waals surface area (Å²) in [5, 5.41) is 0. The Morgan fingerprint density at radius 3 is 2.88 bits per heavy atom. The van der Waals surface area contributed by atoms with Crippen molar-refractivity contribution in [2.75, 3.05) is 0 Å². The molecule has 3 rings (SSSR count). The second kappa shape index (κ2) is 3.51. The SMILES string of the molecule is CC1=C2Oc3cc(C)ccc3C=C2CCC1. The highest BCUT2D eigenvalue weighted by atomic mass is 16.5. The number of allylic oxidation sites excluding steroid dienone is 2. The average Bonchev–Trinajstić information content (AvgIpc) is 2.28. The summed E-state index contributed by atoms with van der Waals surface area (Å²) in [5.41, 5.74) is 5.24. The average molecular weight is 212 g/mol. The zero-order valence-electron chi connectivity index (χ0n) is 9.84. The van der Waals surface area contributed by atoms with Gasteiger partial charge in [0.05, 0.1) is 0 Å². The van der Waals surface area contributed by atoms with Crippen molar-refractivity contribution in [3.05, 3.63) is 46.2 Å². The third-order valence-corrected chi connectivity index (χ3v) is 3.39. The van der Waals surface area contributed by atoms with Crippen LogP contribution in [0.4, 0.5) is 0 Å². The fraction of sp³-hybridized carbons (Fsp3) is 0.333. The zero-order valence-corrected chi connectivity index (χ0v) is 9.84. The van der Waals surface area contributed by atoms with E-state index in [1.165, 1.54) is 35.1 Å². The molecule has 1 heteroatoms. The van der Waals surface area contributed by atoms with Gasteiger partial charge in [-0.15, -0.1) is 0 Å². The summed E-state index contributed by atoms with van der Waals surface area (Å²) in [6.45, 7) is 4.29. The highest BCUT2D eigenvalue weighted by Gasteiger charge is 2.21. The predicted octanol–water partition coefficient (Wildman–Crippen LogP) is 4.23. The molecule has 0 atom stereocenters. The molecule has 1 nitrogen and oxygen atoms in total. The summed E-state index contributed by atoms with van der Waals surface area (Å²) >= 11 is 0. The van der Waals surface area contributed by atoms with Crippen molar-refractivity contribution < 1.29 is 4.74 Å². The van der Waals surface area contributed by atoms with E-state index in [-0.39, 0.29) is 0 Å². The van der Waals surface area contributed by atoms with Crippen molar-refractivity contribution in [1.29, 1.82) is 0 Å². The molecular weight excluding hydrogens is 196 g/mol. The number of aryl methyl sites for hydroxylation is 1. The van der Waals surface area contributed by atoms with Gasteiger partial charge in [0.1, 0.15) is 11.5 Å². The van der Waals surface area contributed by atoms with Crippen LogP contribution in [0.2, 0.25) is 0 Å². The molecule has 1 aliphatic carbocycles. The minimum absolute atomic E-state index is 1.01. The second-order valence-electron chi connectivity index (χ2n) is 4.78. The quantitative estimate of drug-likeness (QED) is 0.625. The Hall–Kier alpha value is -1.50. The summed E-state index contributed by atoms with van der Waals surface area (Å²) in [7, 11) is 0. The predicted molar refractivity (Wildman–Crippen MR) is 66.3 cm³/mol. The maximum Gasteiger partial charge on any atom is 0.134 e. The molecular formula is C15H16O. The lowest BCUT2D eigenvalue weighted by Gasteiger charge is -2.26. The van der Waals surface area contributed by atoms with Gasteiger partial charge in [0.15, 0.2) is 0 Å². The molecule has 1 aromatic carbocycles. The first kappa shape index (κ1) is 9.71. The van der Waals surface area contributed by atoms with Gasteiger partial charge in [-0.3, -0.25) is 0 Å². The smallest absolute Gasteiger partial charge is 0.134 e. The molecule has 1 aromatic rings. The summed E-state index contributed by atoms with van der Waals surface area (Å²) in [5.74, 6) is 2.14. The molecule has 16 heavy (non-hydrogen) atoms. The Labute approximate surface area is 96.4 Å². The van der Waals surface area contributed by atoms with Crippen LogP contribution in [-0.4, -0.2) is 0 Å². The van der Waals surface area contributed by atoms with Crippen LogP contribution >= 0.6 is 0 Å². The van der Waals surface area contributed by atoms with E-state index in [4.69, 9.17) is 4.74 Å². The molecule has 0 fully saturated rings. The Kier molecular flexibility index (Phi) is 2.13. The maximum absolute atomic E-state index is 6.04. The van der Waals surface area contributed by atoms with Gasteiger partial charge in [-0.05, 0) is 62.0 Å². The molecule has 0 bridgehead atoms. The van der Waals surface area contributed by atoms with Crippen molar-refractivity contribution in [1.82, 2.24) is 0 Å². The Morgan fingerprint density at radius 1 is 1.12 bits per heavy atom. The largest absolute Gasteiger partial charge is 0.457 e. The molecule has 0 N–H and O–H groups in total. The van der Waals surface area contributed by atoms with E-state index in [1.54, 1.807) is 0 Å². The normalized spacial score (nSPS) is 18.5. The number of hydrogen-bond donors (Lipinski definition) is 0. The topological polar surface area (TPSA) is 9.23 Å². The van der Waals surface area contributed by atoms with Gasteiger partial charge in [0.25, 0.3) is 0 Å². The van der Waals surface area contributed by atoms with Crippen molar-refractivity contribution in [3.8, 4) is 5.75 Å². The van der Waals surface area contributed by atoms with Gasteiger partial charge in [0.2, 0.25) is 0 Å². The fourth-order valence-electron chi connectivity index (χ4n) is 2.48. The summed E-state index contributed by atoms with van der Waals surface area (Å²) < 4.78 is 6.04. The molecule has 0 unspecified atom stereocenters. The Balaban J connectivity index is 2.15. The molecule has 0 aromatic heterocycles. The van der Waals surface area contributed by atoms with E-state index in [2.05, 4.69) is 38.1 Å². The third-order valence-electron chi connectivity index (χ3n) is 3.39. The van der Waals surface area contributed by atoms with E-state index >= 15 is 0 Å². The highest BCUT2D eigenvalue weighted by Crippen LogP contribution is 2.39. The molecule has 0 saturated heterocycles. The molecule has 2 aliphatic rings. The maximum atomic E-state index is 6.04. The lowest BCUT2D eigenvalue weighted by atomic mass is 9.91. The molecule has 82 valence electrons. The minimum atomic E-state index is 1.01. The fourth-order valence-corrected chi connectivity index (χ4v) is 2.48. The van der Waals surface area contributed by atoms with E-state index in [0.717, 1.165) is 17.9 Å². The molecule has 1 heterocycles. The Morgan fingerprint density at radius 2 is 2.00 bits per heavy atom. The van der Waals surface area contributed by atoms with Crippen LogP contribution < -0.4 is 4.74 Å². The van der Waals surface area contributed by atoms with Gasteiger partial charge in [-0.25, -0.2) is 0 Å². The first-order chi connectivity index (χ1) is 7.74. The van der Waals surface area contributed by atoms with Gasteiger partial charge in [-0.2, -0.15) is 0 Å². The minimum Gasteiger partial charge on any atom is -0.457 e. The van der Waals surface area contributed by atoms with Crippen LogP contribution in [0.25, 0.3) is 6.08 Å². The van der Waals surface area contributed by atoms with Gasteiger partial charge in [-0.1, -0.05) is 12.1 Å². The van der Waals surface area contributed by atoms with E-state index in [0.29, 0.717) is 0 Å². The summed E-state index contributed by atoms with van der Waals surface area (Å²) in [4.78, 5) is 0. The van der Waals surface area contributed by atoms with Crippen LogP contribution in [0.1, 0.15) is 37.3 Å². The number of rotatable bonds is 0. The lowest BCUT2D eigenvalue weighted by molar-refractivity contribution is 0.407. The molecule has 1 aliphatic heterocycles. The molecule has 0 amide bonds. The van der Waals surface area contributed by atoms with Crippen LogP contribution in [-0.2, 0) is 0 Å². The summed E-state index contributed by atoms with van der Waals surface area (Å²) in [6.07, 6.45) is 5.87. The monoisotopic (exact) mass is 212 g/mol. The van der Waals surface area contributed by atoms with E-state index in [9.17, 15) is 0 Å². The highest BCUT2D eigenvalue weighted by molar-refractivity contribution is 5.68. The number of ether oxygens (including phenoxy) is 1. The number of fused-ring (bicyclic) bond motifs is 2. The van der Waals surface area contributed by atoms with Gasteiger partial charge >= 0.3 is 0 Å². The molecule has 0 saturated carbocycles. The summed E-state index contributed by atoms with van der Waals surface area (Å²) in [6, 6.07) is 6.42. The third kappa shape index (κ3) is 1.47. The first-order valence-corrected chi connectivity index (χ1v) is 5.93. The van der Waals surface area contributed by atoms with Gasteiger partial charge < -0.3 is 4.74 Å². The van der Waals surface area contributed by atoms with Crippen molar-refractivity contribution in [3.63, 3.8) is 0 Å². The van der Waals surface area contributed by atoms with Crippen molar-refractivity contribution >= 4 is 6.08 Å². The van der Waals surface area contributed by atoms with Crippen molar-refractivity contribution in [2.24, 2.45) is 0 Å². The second-order valence-corrected chi connectivity index (χ2v) is 4.78. The number of hydrogen-bond acceptors (Lipinski definition) is 1. The Bertz CT molecular complexity index is 506. The van der Waals surface area contributed by atoms with E-state index < -0.39 is 0 Å². The standard InChI is InChI=1S/C15H16O/c1-10-6-7-12-9-13-5-3-4-11(2)15(13)16-14(12)8-10/h6-9H,3-5H2,1-2H3. The van der Waals surface area contributed by atoms with Crippen LogP contribution in [0.5, 0.6) is 5.75 Å². The van der Waals surface area contributed by atoms with Crippen LogP contribution in [0.15, 0.2) is 35.1 Å². The van der Waals surface area contributed by atoms with Crippen LogP contribution in [0.3, 0.4) is 0 Å². The van der Waals surface area contributed by atoms with Crippen molar-refractivity contribution in [2.45, 2.75) is 33.1 Å².